The molecule has 0 radical (unpaired) electrons. The van der Waals surface area contributed by atoms with Crippen LogP contribution in [0.1, 0.15) is 12.0 Å². The van der Waals surface area contributed by atoms with E-state index in [4.69, 9.17) is 0 Å². The van der Waals surface area contributed by atoms with Gasteiger partial charge in [0, 0.05) is 29.7 Å². The number of aliphatic carboxylic acids is 1. The molecule has 1 aromatic carbocycles. The number of carboxylic acid groups (broad SMARTS) is 1. The first-order valence-corrected chi connectivity index (χ1v) is 7.90. The number of hydrogen-bond acceptors (Lipinski definition) is 3. The molecule has 0 unspecified atom stereocenters. The Balaban J connectivity index is 1.69. The van der Waals surface area contributed by atoms with Crippen molar-refractivity contribution in [1.82, 2.24) is 15.2 Å². The first-order chi connectivity index (χ1) is 11.4. The summed E-state index contributed by atoms with van der Waals surface area (Å²) in [5.41, 5.74) is 1.41. The summed E-state index contributed by atoms with van der Waals surface area (Å²) in [5, 5.41) is 13.0. The number of hydrogen-bond donors (Lipinski definition) is 3. The van der Waals surface area contributed by atoms with E-state index < -0.39 is 11.9 Å². The minimum Gasteiger partial charge on any atom is -0.481 e. The molecule has 1 aliphatic rings. The Morgan fingerprint density at radius 2 is 2.25 bits per heavy atom. The van der Waals surface area contributed by atoms with Crippen molar-refractivity contribution in [3.05, 3.63) is 35.8 Å². The summed E-state index contributed by atoms with van der Waals surface area (Å²) in [5.74, 6) is -2.06. The van der Waals surface area contributed by atoms with Gasteiger partial charge in [-0.3, -0.25) is 9.59 Å². The summed E-state index contributed by atoms with van der Waals surface area (Å²) in [4.78, 5) is 28.6. The van der Waals surface area contributed by atoms with Gasteiger partial charge in [-0.15, -0.1) is 0 Å². The molecule has 0 saturated carbocycles. The fourth-order valence-electron chi connectivity index (χ4n) is 3.27. The number of carbonyl (C=O) groups excluding carboxylic acids is 1. The molecule has 24 heavy (non-hydrogen) atoms. The molecule has 3 rings (SSSR count). The molecule has 1 saturated heterocycles. The highest BCUT2D eigenvalue weighted by Gasteiger charge is 2.34. The van der Waals surface area contributed by atoms with Crippen LogP contribution in [0.25, 0.3) is 10.9 Å². The van der Waals surface area contributed by atoms with E-state index in [0.29, 0.717) is 18.5 Å². The van der Waals surface area contributed by atoms with Gasteiger partial charge in [0.1, 0.15) is 5.82 Å². The van der Waals surface area contributed by atoms with E-state index in [2.05, 4.69) is 10.3 Å². The second-order valence-corrected chi connectivity index (χ2v) is 6.35. The smallest absolute Gasteiger partial charge is 0.309 e. The highest BCUT2D eigenvalue weighted by atomic mass is 19.1. The van der Waals surface area contributed by atoms with Crippen molar-refractivity contribution in [2.24, 2.45) is 5.92 Å². The molecule has 6 nitrogen and oxygen atoms in total. The third-order valence-electron chi connectivity index (χ3n) is 4.56. The van der Waals surface area contributed by atoms with Gasteiger partial charge in [-0.2, -0.15) is 0 Å². The number of amides is 1. The maximum absolute atomic E-state index is 13.2. The molecule has 1 amide bonds. The second kappa shape index (κ2) is 6.60. The number of benzene rings is 1. The molecule has 0 aliphatic carbocycles. The Bertz CT molecular complexity index is 774. The maximum atomic E-state index is 13.2. The van der Waals surface area contributed by atoms with Crippen LogP contribution in [0, 0.1) is 11.7 Å². The van der Waals surface area contributed by atoms with Crippen LogP contribution in [-0.2, 0) is 16.0 Å². The molecule has 1 aromatic heterocycles. The Kier molecular flexibility index (Phi) is 4.53. The van der Waals surface area contributed by atoms with Crippen LogP contribution in [-0.4, -0.2) is 53.0 Å². The third-order valence-corrected chi connectivity index (χ3v) is 4.56. The monoisotopic (exact) mass is 333 g/mol. The molecular formula is C17H20FN3O3. The van der Waals surface area contributed by atoms with Crippen LogP contribution in [0.2, 0.25) is 0 Å². The number of piperidine rings is 1. The molecule has 0 bridgehead atoms. The quantitative estimate of drug-likeness (QED) is 0.789. The number of halogens is 1. The largest absolute Gasteiger partial charge is 0.481 e. The SMILES string of the molecule is CN1CC[C@@H](NC(=O)Cc2c[nH]c3cc(F)ccc23)[C@@H](C(=O)O)C1. The molecule has 1 aliphatic heterocycles. The van der Waals surface area contributed by atoms with Crippen molar-refractivity contribution >= 4 is 22.8 Å². The Labute approximate surface area is 138 Å². The van der Waals surface area contributed by atoms with E-state index >= 15 is 0 Å². The van der Waals surface area contributed by atoms with Gasteiger partial charge in [-0.05, 0) is 43.8 Å². The molecule has 2 atom stereocenters. The van der Waals surface area contributed by atoms with E-state index in [0.717, 1.165) is 17.5 Å². The van der Waals surface area contributed by atoms with Crippen molar-refractivity contribution in [2.45, 2.75) is 18.9 Å². The number of carbonyl (C=O) groups is 2. The van der Waals surface area contributed by atoms with Gasteiger partial charge < -0.3 is 20.3 Å². The third kappa shape index (κ3) is 3.41. The molecule has 128 valence electrons. The number of aromatic nitrogens is 1. The lowest BCUT2D eigenvalue weighted by Crippen LogP contribution is -2.52. The highest BCUT2D eigenvalue weighted by molar-refractivity contribution is 5.89. The molecular weight excluding hydrogens is 313 g/mol. The molecule has 7 heteroatoms. The number of aromatic amines is 1. The zero-order chi connectivity index (χ0) is 17.3. The van der Waals surface area contributed by atoms with Crippen molar-refractivity contribution in [1.29, 1.82) is 0 Å². The summed E-state index contributed by atoms with van der Waals surface area (Å²) in [6, 6.07) is 4.01. The first-order valence-electron chi connectivity index (χ1n) is 7.90. The van der Waals surface area contributed by atoms with E-state index in [-0.39, 0.29) is 24.2 Å². The standard InChI is InChI=1S/C17H20FN3O3/c1-21-5-4-14(13(9-21)17(23)24)20-16(22)6-10-8-19-15-7-11(18)2-3-12(10)15/h2-3,7-8,13-14,19H,4-6,9H2,1H3,(H,20,22)(H,23,24)/t13-,14+/m0/s1. The molecule has 0 spiro atoms. The topological polar surface area (TPSA) is 85.4 Å². The lowest BCUT2D eigenvalue weighted by atomic mass is 9.92. The fraction of sp³-hybridized carbons (Fsp3) is 0.412. The molecule has 3 N–H and O–H groups in total. The van der Waals surface area contributed by atoms with Gasteiger partial charge >= 0.3 is 5.97 Å². The van der Waals surface area contributed by atoms with Gasteiger partial charge in [0.25, 0.3) is 0 Å². The number of fused-ring (bicyclic) bond motifs is 1. The van der Waals surface area contributed by atoms with Crippen LogP contribution >= 0.6 is 0 Å². The number of nitrogens with one attached hydrogen (secondary N) is 2. The van der Waals surface area contributed by atoms with Gasteiger partial charge in [-0.1, -0.05) is 0 Å². The Morgan fingerprint density at radius 3 is 3.00 bits per heavy atom. The number of likely N-dealkylation sites (tertiary alicyclic amines) is 1. The predicted octanol–water partition coefficient (Wildman–Crippen LogP) is 1.37. The van der Waals surface area contributed by atoms with Crippen molar-refractivity contribution in [2.75, 3.05) is 20.1 Å². The van der Waals surface area contributed by atoms with E-state index in [9.17, 15) is 19.1 Å². The maximum Gasteiger partial charge on any atom is 0.309 e. The highest BCUT2D eigenvalue weighted by Crippen LogP contribution is 2.21. The number of carboxylic acids is 1. The lowest BCUT2D eigenvalue weighted by Gasteiger charge is -2.34. The van der Waals surface area contributed by atoms with Gasteiger partial charge in [0.2, 0.25) is 5.91 Å². The summed E-state index contributed by atoms with van der Waals surface area (Å²) >= 11 is 0. The normalized spacial score (nSPS) is 21.8. The van der Waals surface area contributed by atoms with Crippen molar-refractivity contribution < 1.29 is 19.1 Å². The van der Waals surface area contributed by atoms with E-state index in [1.54, 1.807) is 12.3 Å². The summed E-state index contributed by atoms with van der Waals surface area (Å²) in [7, 11) is 1.87. The van der Waals surface area contributed by atoms with E-state index in [1.807, 2.05) is 11.9 Å². The minimum atomic E-state index is -0.894. The van der Waals surface area contributed by atoms with E-state index in [1.165, 1.54) is 12.1 Å². The van der Waals surface area contributed by atoms with Crippen LogP contribution < -0.4 is 5.32 Å². The summed E-state index contributed by atoms with van der Waals surface area (Å²) < 4.78 is 13.2. The Hall–Kier alpha value is -2.41. The van der Waals surface area contributed by atoms with Crippen molar-refractivity contribution in [3.8, 4) is 0 Å². The summed E-state index contributed by atoms with van der Waals surface area (Å²) in [6.45, 7) is 1.17. The lowest BCUT2D eigenvalue weighted by molar-refractivity contribution is -0.144. The summed E-state index contributed by atoms with van der Waals surface area (Å²) in [6.07, 6.45) is 2.43. The predicted molar refractivity (Wildman–Crippen MR) is 87.1 cm³/mol. The van der Waals surface area contributed by atoms with Crippen LogP contribution in [0.4, 0.5) is 4.39 Å². The van der Waals surface area contributed by atoms with Crippen LogP contribution in [0.3, 0.4) is 0 Å². The molecule has 2 aromatic rings. The molecule has 1 fully saturated rings. The number of rotatable bonds is 4. The average molecular weight is 333 g/mol. The zero-order valence-electron chi connectivity index (χ0n) is 13.4. The second-order valence-electron chi connectivity index (χ2n) is 6.35. The van der Waals surface area contributed by atoms with Gasteiger partial charge in [-0.25, -0.2) is 4.39 Å². The Morgan fingerprint density at radius 1 is 1.46 bits per heavy atom. The fourth-order valence-corrected chi connectivity index (χ4v) is 3.27. The van der Waals surface area contributed by atoms with Gasteiger partial charge in [0.05, 0.1) is 12.3 Å². The zero-order valence-corrected chi connectivity index (χ0v) is 13.4. The first kappa shape index (κ1) is 16.4. The molecule has 2 heterocycles. The van der Waals surface area contributed by atoms with Gasteiger partial charge in [0.15, 0.2) is 0 Å². The number of nitrogens with zero attached hydrogens (tertiary/aromatic N) is 1. The average Bonchev–Trinajstić information content (AvgIpc) is 2.90. The van der Waals surface area contributed by atoms with Crippen LogP contribution in [0.5, 0.6) is 0 Å². The minimum absolute atomic E-state index is 0.129. The van der Waals surface area contributed by atoms with Crippen LogP contribution in [0.15, 0.2) is 24.4 Å². The van der Waals surface area contributed by atoms with Crippen molar-refractivity contribution in [3.63, 3.8) is 0 Å². The number of H-pyrrole nitrogens is 1.